The van der Waals surface area contributed by atoms with Crippen molar-refractivity contribution in [1.29, 1.82) is 0 Å². The molecule has 8 heteroatoms. The van der Waals surface area contributed by atoms with E-state index in [2.05, 4.69) is 4.18 Å². The van der Waals surface area contributed by atoms with Gasteiger partial charge in [0.25, 0.3) is 0 Å². The minimum absolute atomic E-state index is 0.348. The number of rotatable bonds is 2. The summed E-state index contributed by atoms with van der Waals surface area (Å²) in [5.41, 5.74) is -4.48. The zero-order valence-electron chi connectivity index (χ0n) is 12.8. The maximum Gasteiger partial charge on any atom is 0.534 e. The zero-order chi connectivity index (χ0) is 17.2. The Hall–Kier alpha value is -1.28. The van der Waals surface area contributed by atoms with Crippen LogP contribution in [0.4, 0.5) is 13.2 Å². The second kappa shape index (κ2) is 6.45. The number of ether oxygens (including phenoxy) is 1. The van der Waals surface area contributed by atoms with E-state index >= 15 is 0 Å². The molecule has 0 amide bonds. The van der Waals surface area contributed by atoms with Crippen LogP contribution in [0, 0.1) is 0 Å². The molecule has 0 radical (unpaired) electrons. The fourth-order valence-electron chi connectivity index (χ4n) is 2.08. The predicted octanol–water partition coefficient (Wildman–Crippen LogP) is 3.75. The Bertz CT molecular complexity index is 621. The molecule has 1 aliphatic rings. The van der Waals surface area contributed by atoms with Gasteiger partial charge in [0.1, 0.15) is 5.75 Å². The second-order valence-electron chi connectivity index (χ2n) is 4.91. The highest BCUT2D eigenvalue weighted by Gasteiger charge is 2.48. The highest BCUT2D eigenvalue weighted by atomic mass is 32.2. The number of benzene rings is 1. The molecule has 0 unspecified atom stereocenters. The van der Waals surface area contributed by atoms with Crippen molar-refractivity contribution in [2.24, 2.45) is 0 Å². The molecule has 2 rings (SSSR count). The van der Waals surface area contributed by atoms with Gasteiger partial charge in [-0.1, -0.05) is 19.9 Å². The van der Waals surface area contributed by atoms with Crippen LogP contribution in [0.25, 0.3) is 0 Å². The molecule has 126 valence electrons. The molecular weight excluding hydrogens is 321 g/mol. The first kappa shape index (κ1) is 18.8. The molecular formula is C14H19F3O4S. The van der Waals surface area contributed by atoms with Crippen molar-refractivity contribution in [3.8, 4) is 5.75 Å². The highest BCUT2D eigenvalue weighted by molar-refractivity contribution is 7.88. The SMILES string of the molecule is CC.CC1(C)OCCc2cc(OS(=O)(=O)C(F)(F)F)ccc21. The van der Waals surface area contributed by atoms with Crippen LogP contribution < -0.4 is 4.18 Å². The van der Waals surface area contributed by atoms with Gasteiger partial charge in [-0.25, -0.2) is 0 Å². The van der Waals surface area contributed by atoms with Crippen LogP contribution in [0.5, 0.6) is 5.75 Å². The quantitative estimate of drug-likeness (QED) is 0.608. The Morgan fingerprint density at radius 3 is 2.36 bits per heavy atom. The average Bonchev–Trinajstić information content (AvgIpc) is 2.38. The third-order valence-corrected chi connectivity index (χ3v) is 4.03. The summed E-state index contributed by atoms with van der Waals surface area (Å²) in [6.07, 6.45) is 0.488. The molecule has 4 nitrogen and oxygen atoms in total. The Balaban J connectivity index is 0.00000116. The Labute approximate surface area is 128 Å². The molecule has 0 fully saturated rings. The number of hydrogen-bond donors (Lipinski definition) is 0. The molecule has 1 aromatic carbocycles. The Morgan fingerprint density at radius 1 is 1.23 bits per heavy atom. The summed E-state index contributed by atoms with van der Waals surface area (Å²) in [4.78, 5) is 0. The maximum absolute atomic E-state index is 12.2. The van der Waals surface area contributed by atoms with Gasteiger partial charge in [0, 0.05) is 0 Å². The normalized spacial score (nSPS) is 17.0. The van der Waals surface area contributed by atoms with E-state index in [1.807, 2.05) is 27.7 Å². The van der Waals surface area contributed by atoms with E-state index in [1.165, 1.54) is 18.2 Å². The molecule has 1 aromatic rings. The van der Waals surface area contributed by atoms with Gasteiger partial charge in [-0.15, -0.1) is 0 Å². The molecule has 1 heterocycles. The Kier molecular flexibility index (Phi) is 5.51. The van der Waals surface area contributed by atoms with Gasteiger partial charge in [-0.3, -0.25) is 0 Å². The van der Waals surface area contributed by atoms with E-state index in [0.29, 0.717) is 13.0 Å². The van der Waals surface area contributed by atoms with Gasteiger partial charge in [0.05, 0.1) is 12.2 Å². The van der Waals surface area contributed by atoms with Gasteiger partial charge in [0.2, 0.25) is 0 Å². The van der Waals surface area contributed by atoms with Crippen LogP contribution in [-0.2, 0) is 26.9 Å². The lowest BCUT2D eigenvalue weighted by Gasteiger charge is -2.33. The van der Waals surface area contributed by atoms with E-state index in [1.54, 1.807) is 0 Å². The fraction of sp³-hybridized carbons (Fsp3) is 0.571. The summed E-state index contributed by atoms with van der Waals surface area (Å²) in [5.74, 6) is -0.348. The summed E-state index contributed by atoms with van der Waals surface area (Å²) in [6.45, 7) is 8.07. The molecule has 0 spiro atoms. The van der Waals surface area contributed by atoms with E-state index in [-0.39, 0.29) is 5.75 Å². The van der Waals surface area contributed by atoms with Crippen molar-refractivity contribution in [2.75, 3.05) is 6.61 Å². The largest absolute Gasteiger partial charge is 0.534 e. The van der Waals surface area contributed by atoms with Crippen LogP contribution in [-0.4, -0.2) is 20.5 Å². The van der Waals surface area contributed by atoms with Crippen molar-refractivity contribution in [2.45, 2.75) is 45.2 Å². The average molecular weight is 340 g/mol. The topological polar surface area (TPSA) is 52.6 Å². The zero-order valence-corrected chi connectivity index (χ0v) is 13.6. The summed E-state index contributed by atoms with van der Waals surface area (Å²) in [5, 5.41) is 0. The van der Waals surface area contributed by atoms with Crippen molar-refractivity contribution in [1.82, 2.24) is 0 Å². The third kappa shape index (κ3) is 3.92. The van der Waals surface area contributed by atoms with Crippen molar-refractivity contribution < 1.29 is 30.5 Å². The van der Waals surface area contributed by atoms with Gasteiger partial charge in [-0.05, 0) is 43.5 Å². The van der Waals surface area contributed by atoms with E-state index in [4.69, 9.17) is 4.74 Å². The molecule has 22 heavy (non-hydrogen) atoms. The highest BCUT2D eigenvalue weighted by Crippen LogP contribution is 2.35. The second-order valence-corrected chi connectivity index (χ2v) is 6.45. The van der Waals surface area contributed by atoms with Crippen LogP contribution in [0.15, 0.2) is 18.2 Å². The number of hydrogen-bond acceptors (Lipinski definition) is 4. The number of halogens is 3. The third-order valence-electron chi connectivity index (χ3n) is 3.05. The lowest BCUT2D eigenvalue weighted by Crippen LogP contribution is -2.30. The lowest BCUT2D eigenvalue weighted by atomic mass is 9.89. The van der Waals surface area contributed by atoms with Crippen molar-refractivity contribution in [3.05, 3.63) is 29.3 Å². The van der Waals surface area contributed by atoms with Gasteiger partial charge < -0.3 is 8.92 Å². The van der Waals surface area contributed by atoms with Gasteiger partial charge in [-0.2, -0.15) is 21.6 Å². The predicted molar refractivity (Wildman–Crippen MR) is 76.1 cm³/mol. The molecule has 0 atom stereocenters. The first-order chi connectivity index (χ1) is 10.0. The summed E-state index contributed by atoms with van der Waals surface area (Å²) < 4.78 is 68.3. The van der Waals surface area contributed by atoms with Gasteiger partial charge in [0.15, 0.2) is 0 Å². The molecule has 0 saturated heterocycles. The summed E-state index contributed by atoms with van der Waals surface area (Å²) >= 11 is 0. The fourth-order valence-corrected chi connectivity index (χ4v) is 2.54. The molecule has 0 bridgehead atoms. The van der Waals surface area contributed by atoms with Crippen LogP contribution in [0.3, 0.4) is 0 Å². The number of fused-ring (bicyclic) bond motifs is 1. The Morgan fingerprint density at radius 2 is 1.82 bits per heavy atom. The molecule has 1 aliphatic heterocycles. The minimum atomic E-state index is -5.64. The summed E-state index contributed by atoms with van der Waals surface area (Å²) in [6, 6.07) is 4.02. The standard InChI is InChI=1S/C12H13F3O4S.C2H6/c1-11(2)10-4-3-9(7-8(10)5-6-18-11)19-20(16,17)12(13,14)15;1-2/h3-4,7H,5-6H2,1-2H3;1-2H3. The minimum Gasteiger partial charge on any atom is -0.376 e. The first-order valence-electron chi connectivity index (χ1n) is 6.81. The van der Waals surface area contributed by atoms with Gasteiger partial charge >= 0.3 is 15.6 Å². The summed E-state index contributed by atoms with van der Waals surface area (Å²) in [7, 11) is -5.64. The van der Waals surface area contributed by atoms with Crippen LogP contribution in [0.2, 0.25) is 0 Å². The lowest BCUT2D eigenvalue weighted by molar-refractivity contribution is -0.0500. The van der Waals surface area contributed by atoms with E-state index in [0.717, 1.165) is 11.1 Å². The smallest absolute Gasteiger partial charge is 0.376 e. The molecule has 0 aliphatic carbocycles. The number of alkyl halides is 3. The monoisotopic (exact) mass is 340 g/mol. The van der Waals surface area contributed by atoms with Crippen LogP contribution >= 0.6 is 0 Å². The van der Waals surface area contributed by atoms with Crippen molar-refractivity contribution >= 4 is 10.1 Å². The molecule has 0 saturated carbocycles. The van der Waals surface area contributed by atoms with E-state index in [9.17, 15) is 21.6 Å². The maximum atomic E-state index is 12.2. The van der Waals surface area contributed by atoms with Crippen LogP contribution in [0.1, 0.15) is 38.8 Å². The van der Waals surface area contributed by atoms with Crippen molar-refractivity contribution in [3.63, 3.8) is 0 Å². The first-order valence-corrected chi connectivity index (χ1v) is 8.22. The molecule has 0 aromatic heterocycles. The molecule has 0 N–H and O–H groups in total. The van der Waals surface area contributed by atoms with E-state index < -0.39 is 21.2 Å².